The normalized spacial score (nSPS) is 25.4. The van der Waals surface area contributed by atoms with Crippen LogP contribution in [0.4, 0.5) is 4.79 Å². The Labute approximate surface area is 120 Å². The molecule has 2 saturated heterocycles. The van der Waals surface area contributed by atoms with Crippen molar-refractivity contribution in [2.45, 2.75) is 18.5 Å². The van der Waals surface area contributed by atoms with Crippen LogP contribution in [0.1, 0.15) is 12.0 Å². The van der Waals surface area contributed by atoms with Gasteiger partial charge in [-0.25, -0.2) is 9.78 Å². The van der Waals surface area contributed by atoms with Gasteiger partial charge in [-0.2, -0.15) is 11.8 Å². The maximum Gasteiger partial charge on any atom is 0.325 e. The predicted molar refractivity (Wildman–Crippen MR) is 74.5 cm³/mol. The molecule has 3 heterocycles. The highest BCUT2D eigenvalue weighted by molar-refractivity contribution is 7.99. The average molecular weight is 293 g/mol. The number of thioether (sulfide) groups is 1. The predicted octanol–water partition coefficient (Wildman–Crippen LogP) is 1.02. The van der Waals surface area contributed by atoms with Gasteiger partial charge >= 0.3 is 6.03 Å². The summed E-state index contributed by atoms with van der Waals surface area (Å²) in [5.74, 6) is 1.96. The first-order valence-corrected chi connectivity index (χ1v) is 7.51. The lowest BCUT2D eigenvalue weighted by Gasteiger charge is -2.19. The Morgan fingerprint density at radius 1 is 1.50 bits per heavy atom. The van der Waals surface area contributed by atoms with Crippen LogP contribution in [0, 0.1) is 0 Å². The van der Waals surface area contributed by atoms with Crippen molar-refractivity contribution >= 4 is 23.7 Å². The van der Waals surface area contributed by atoms with Crippen LogP contribution in [-0.4, -0.2) is 46.0 Å². The molecule has 1 N–H and O–H groups in total. The Balaban J connectivity index is 1.76. The van der Waals surface area contributed by atoms with E-state index in [-0.39, 0.29) is 18.5 Å². The molecule has 7 heteroatoms. The minimum absolute atomic E-state index is 0.122. The Morgan fingerprint density at radius 2 is 2.35 bits per heavy atom. The standard InChI is InChI=1S/C13H15N3O3S/c1-19-10-3-2-9(6-14-10)7-16-11(17)13(15-12(16)18)4-5-20-8-13/h2-3,6H,4-5,7-8H2,1H3,(H,15,18). The van der Waals surface area contributed by atoms with E-state index in [4.69, 9.17) is 4.74 Å². The first-order valence-electron chi connectivity index (χ1n) is 6.35. The lowest BCUT2D eigenvalue weighted by Crippen LogP contribution is -2.46. The van der Waals surface area contributed by atoms with Crippen molar-refractivity contribution in [2.24, 2.45) is 0 Å². The van der Waals surface area contributed by atoms with E-state index < -0.39 is 5.54 Å². The van der Waals surface area contributed by atoms with Crippen molar-refractivity contribution in [3.63, 3.8) is 0 Å². The highest BCUT2D eigenvalue weighted by Gasteiger charge is 2.52. The average Bonchev–Trinajstić information content (AvgIpc) is 3.01. The minimum Gasteiger partial charge on any atom is -0.481 e. The molecule has 3 amide bonds. The van der Waals surface area contributed by atoms with Gasteiger partial charge in [0.2, 0.25) is 5.88 Å². The largest absolute Gasteiger partial charge is 0.481 e. The summed E-state index contributed by atoms with van der Waals surface area (Å²) in [6.07, 6.45) is 2.33. The molecule has 6 nitrogen and oxygen atoms in total. The molecule has 1 atom stereocenters. The number of nitrogens with zero attached hydrogens (tertiary/aromatic N) is 2. The van der Waals surface area contributed by atoms with Crippen LogP contribution < -0.4 is 10.1 Å². The fourth-order valence-corrected chi connectivity index (χ4v) is 3.79. The number of rotatable bonds is 3. The van der Waals surface area contributed by atoms with Gasteiger partial charge in [0.1, 0.15) is 5.54 Å². The van der Waals surface area contributed by atoms with Crippen LogP contribution in [0.25, 0.3) is 0 Å². The highest BCUT2D eigenvalue weighted by atomic mass is 32.2. The van der Waals surface area contributed by atoms with Crippen LogP contribution in [0.2, 0.25) is 0 Å². The number of carbonyl (C=O) groups is 2. The number of hydrogen-bond acceptors (Lipinski definition) is 5. The second kappa shape index (κ2) is 4.97. The van der Waals surface area contributed by atoms with Gasteiger partial charge in [-0.05, 0) is 17.7 Å². The lowest BCUT2D eigenvalue weighted by atomic mass is 9.99. The fraction of sp³-hybridized carbons (Fsp3) is 0.462. The number of imide groups is 1. The van der Waals surface area contributed by atoms with Crippen molar-refractivity contribution in [1.29, 1.82) is 0 Å². The van der Waals surface area contributed by atoms with Crippen molar-refractivity contribution in [1.82, 2.24) is 15.2 Å². The molecule has 1 unspecified atom stereocenters. The van der Waals surface area contributed by atoms with Crippen LogP contribution in [0.5, 0.6) is 5.88 Å². The SMILES string of the molecule is COc1ccc(CN2C(=O)NC3(CCSC3)C2=O)cn1. The van der Waals surface area contributed by atoms with E-state index >= 15 is 0 Å². The second-order valence-corrected chi connectivity index (χ2v) is 6.02. The van der Waals surface area contributed by atoms with E-state index in [1.165, 1.54) is 4.90 Å². The zero-order chi connectivity index (χ0) is 14.2. The third kappa shape index (κ3) is 2.11. The summed E-state index contributed by atoms with van der Waals surface area (Å²) in [5, 5.41) is 2.84. The van der Waals surface area contributed by atoms with Gasteiger partial charge in [0.15, 0.2) is 0 Å². The smallest absolute Gasteiger partial charge is 0.325 e. The molecule has 0 aliphatic carbocycles. The Hall–Kier alpha value is -1.76. The molecule has 0 radical (unpaired) electrons. The van der Waals surface area contributed by atoms with Gasteiger partial charge in [0, 0.05) is 18.0 Å². The molecule has 1 aromatic heterocycles. The maximum absolute atomic E-state index is 12.5. The van der Waals surface area contributed by atoms with Crippen molar-refractivity contribution < 1.29 is 14.3 Å². The van der Waals surface area contributed by atoms with Crippen LogP contribution in [-0.2, 0) is 11.3 Å². The van der Waals surface area contributed by atoms with Crippen LogP contribution in [0.3, 0.4) is 0 Å². The van der Waals surface area contributed by atoms with E-state index in [2.05, 4.69) is 10.3 Å². The summed E-state index contributed by atoms with van der Waals surface area (Å²) < 4.78 is 4.98. The maximum atomic E-state index is 12.5. The van der Waals surface area contributed by atoms with Crippen molar-refractivity contribution in [3.8, 4) is 5.88 Å². The number of hydrogen-bond donors (Lipinski definition) is 1. The van der Waals surface area contributed by atoms with Gasteiger partial charge in [0.05, 0.1) is 13.7 Å². The molecular weight excluding hydrogens is 278 g/mol. The number of carbonyl (C=O) groups excluding carboxylic acids is 2. The highest BCUT2D eigenvalue weighted by Crippen LogP contribution is 2.33. The molecule has 1 aromatic rings. The molecule has 3 rings (SSSR count). The quantitative estimate of drug-likeness (QED) is 0.842. The van der Waals surface area contributed by atoms with E-state index in [0.29, 0.717) is 18.1 Å². The molecule has 106 valence electrons. The Morgan fingerprint density at radius 3 is 2.95 bits per heavy atom. The van der Waals surface area contributed by atoms with E-state index in [9.17, 15) is 9.59 Å². The number of ether oxygens (including phenoxy) is 1. The zero-order valence-corrected chi connectivity index (χ0v) is 11.9. The van der Waals surface area contributed by atoms with Gasteiger partial charge < -0.3 is 10.1 Å². The number of methoxy groups -OCH3 is 1. The zero-order valence-electron chi connectivity index (χ0n) is 11.1. The molecule has 2 fully saturated rings. The van der Waals surface area contributed by atoms with Crippen molar-refractivity contribution in [2.75, 3.05) is 18.6 Å². The molecule has 2 aliphatic rings. The summed E-state index contributed by atoms with van der Waals surface area (Å²) in [6.45, 7) is 0.244. The molecule has 0 bridgehead atoms. The number of urea groups is 1. The van der Waals surface area contributed by atoms with E-state index in [1.54, 1.807) is 37.2 Å². The molecule has 0 aromatic carbocycles. The summed E-state index contributed by atoms with van der Waals surface area (Å²) in [7, 11) is 1.54. The third-order valence-electron chi connectivity index (χ3n) is 3.61. The summed E-state index contributed by atoms with van der Waals surface area (Å²) >= 11 is 1.70. The topological polar surface area (TPSA) is 71.5 Å². The summed E-state index contributed by atoms with van der Waals surface area (Å²) in [5.41, 5.74) is 0.124. The second-order valence-electron chi connectivity index (χ2n) is 4.91. The van der Waals surface area contributed by atoms with Gasteiger partial charge in [-0.3, -0.25) is 9.69 Å². The molecule has 2 aliphatic heterocycles. The minimum atomic E-state index is -0.679. The number of amides is 3. The van der Waals surface area contributed by atoms with E-state index in [0.717, 1.165) is 11.3 Å². The molecule has 1 spiro atoms. The molecule has 20 heavy (non-hydrogen) atoms. The van der Waals surface area contributed by atoms with Crippen molar-refractivity contribution in [3.05, 3.63) is 23.9 Å². The fourth-order valence-electron chi connectivity index (χ4n) is 2.46. The molecular formula is C13H15N3O3S. The van der Waals surface area contributed by atoms with Crippen LogP contribution >= 0.6 is 11.8 Å². The van der Waals surface area contributed by atoms with Gasteiger partial charge in [-0.15, -0.1) is 0 Å². The number of nitrogens with one attached hydrogen (secondary N) is 1. The first kappa shape index (κ1) is 13.2. The van der Waals surface area contributed by atoms with Gasteiger partial charge in [0.25, 0.3) is 5.91 Å². The third-order valence-corrected chi connectivity index (χ3v) is 4.80. The summed E-state index contributed by atoms with van der Waals surface area (Å²) in [4.78, 5) is 29.8. The monoisotopic (exact) mass is 293 g/mol. The molecule has 0 saturated carbocycles. The lowest BCUT2D eigenvalue weighted by molar-refractivity contribution is -0.130. The number of aromatic nitrogens is 1. The Bertz CT molecular complexity index is 540. The van der Waals surface area contributed by atoms with Gasteiger partial charge in [-0.1, -0.05) is 6.07 Å². The number of pyridine rings is 1. The summed E-state index contributed by atoms with van der Waals surface area (Å²) in [6, 6.07) is 3.21. The van der Waals surface area contributed by atoms with Crippen LogP contribution in [0.15, 0.2) is 18.3 Å². The Kier molecular flexibility index (Phi) is 3.29. The first-order chi connectivity index (χ1) is 9.64. The van der Waals surface area contributed by atoms with E-state index in [1.807, 2.05) is 0 Å².